The lowest BCUT2D eigenvalue weighted by Gasteiger charge is -2.21. The van der Waals surface area contributed by atoms with Gasteiger partial charge in [0.15, 0.2) is 0 Å². The third kappa shape index (κ3) is 5.33. The molecule has 19 heavy (non-hydrogen) atoms. The molecule has 1 amide bonds. The van der Waals surface area contributed by atoms with E-state index in [0.717, 1.165) is 30.8 Å². The van der Waals surface area contributed by atoms with Crippen molar-refractivity contribution in [2.24, 2.45) is 0 Å². The summed E-state index contributed by atoms with van der Waals surface area (Å²) >= 11 is 7.46. The van der Waals surface area contributed by atoms with E-state index in [1.165, 1.54) is 11.8 Å². The monoisotopic (exact) mass is 300 g/mol. The van der Waals surface area contributed by atoms with Gasteiger partial charge in [-0.05, 0) is 31.0 Å². The van der Waals surface area contributed by atoms with Gasteiger partial charge in [-0.1, -0.05) is 25.4 Å². The first-order valence-corrected chi connectivity index (χ1v) is 7.90. The van der Waals surface area contributed by atoms with Crippen LogP contribution in [0.15, 0.2) is 23.1 Å². The topological polar surface area (TPSA) is 46.3 Å². The fraction of sp³-hybridized carbons (Fsp3) is 0.500. The lowest BCUT2D eigenvalue weighted by Crippen LogP contribution is -2.33. The molecule has 1 aromatic rings. The van der Waals surface area contributed by atoms with Crippen molar-refractivity contribution < 1.29 is 4.79 Å². The van der Waals surface area contributed by atoms with Gasteiger partial charge >= 0.3 is 0 Å². The summed E-state index contributed by atoms with van der Waals surface area (Å²) in [7, 11) is 0. The predicted octanol–water partition coefficient (Wildman–Crippen LogP) is 3.66. The number of hydrogen-bond acceptors (Lipinski definition) is 3. The van der Waals surface area contributed by atoms with Crippen LogP contribution in [0.5, 0.6) is 0 Å². The molecule has 0 radical (unpaired) electrons. The lowest BCUT2D eigenvalue weighted by molar-refractivity contribution is -0.128. The molecule has 0 atom stereocenters. The van der Waals surface area contributed by atoms with Crippen molar-refractivity contribution in [3.05, 3.63) is 23.2 Å². The fourth-order valence-corrected chi connectivity index (χ4v) is 2.82. The molecule has 0 unspecified atom stereocenters. The number of nitrogens with two attached hydrogens (primary N) is 1. The van der Waals surface area contributed by atoms with Crippen molar-refractivity contribution in [3.63, 3.8) is 0 Å². The van der Waals surface area contributed by atoms with Crippen LogP contribution < -0.4 is 5.73 Å². The zero-order valence-electron chi connectivity index (χ0n) is 11.5. The Morgan fingerprint density at radius 1 is 1.32 bits per heavy atom. The molecular weight excluding hydrogens is 280 g/mol. The van der Waals surface area contributed by atoms with Crippen LogP contribution in [0.4, 0.5) is 5.69 Å². The molecule has 0 spiro atoms. The van der Waals surface area contributed by atoms with E-state index in [4.69, 9.17) is 17.3 Å². The number of thioether (sulfide) groups is 1. The minimum Gasteiger partial charge on any atom is -0.398 e. The van der Waals surface area contributed by atoms with Crippen molar-refractivity contribution in [1.29, 1.82) is 0 Å². The number of nitrogen functional groups attached to an aromatic ring is 1. The van der Waals surface area contributed by atoms with Gasteiger partial charge in [0, 0.05) is 18.0 Å². The van der Waals surface area contributed by atoms with Gasteiger partial charge in [-0.2, -0.15) is 0 Å². The highest BCUT2D eigenvalue weighted by atomic mass is 35.5. The summed E-state index contributed by atoms with van der Waals surface area (Å²) in [5.41, 5.74) is 6.22. The molecule has 106 valence electrons. The summed E-state index contributed by atoms with van der Waals surface area (Å²) in [6, 6.07) is 5.47. The van der Waals surface area contributed by atoms with E-state index in [1.54, 1.807) is 12.1 Å². The summed E-state index contributed by atoms with van der Waals surface area (Å²) in [4.78, 5) is 15.0. The van der Waals surface area contributed by atoms with Crippen molar-refractivity contribution in [1.82, 2.24) is 4.90 Å². The van der Waals surface area contributed by atoms with Crippen LogP contribution in [0, 0.1) is 0 Å². The molecule has 2 N–H and O–H groups in total. The van der Waals surface area contributed by atoms with Crippen molar-refractivity contribution >= 4 is 35.0 Å². The predicted molar refractivity (Wildman–Crippen MR) is 83.8 cm³/mol. The molecular formula is C14H21ClN2OS. The minimum atomic E-state index is 0.182. The molecule has 0 aliphatic rings. The van der Waals surface area contributed by atoms with Crippen LogP contribution in [0.2, 0.25) is 5.02 Å². The summed E-state index contributed by atoms with van der Waals surface area (Å²) in [5.74, 6) is 0.627. The zero-order valence-corrected chi connectivity index (χ0v) is 13.1. The Morgan fingerprint density at radius 3 is 2.47 bits per heavy atom. The summed E-state index contributed by atoms with van der Waals surface area (Å²) in [6.45, 7) is 5.83. The number of carbonyl (C=O) groups is 1. The highest BCUT2D eigenvalue weighted by molar-refractivity contribution is 8.00. The van der Waals surface area contributed by atoms with Crippen LogP contribution in [0.25, 0.3) is 0 Å². The van der Waals surface area contributed by atoms with Gasteiger partial charge < -0.3 is 10.6 Å². The number of rotatable bonds is 7. The Bertz CT molecular complexity index is 420. The van der Waals surface area contributed by atoms with Crippen LogP contribution >= 0.6 is 23.4 Å². The summed E-state index contributed by atoms with van der Waals surface area (Å²) in [5, 5.41) is 0.538. The minimum absolute atomic E-state index is 0.182. The van der Waals surface area contributed by atoms with E-state index in [-0.39, 0.29) is 5.91 Å². The van der Waals surface area contributed by atoms with E-state index in [0.29, 0.717) is 16.5 Å². The first-order chi connectivity index (χ1) is 9.08. The molecule has 0 saturated carbocycles. The van der Waals surface area contributed by atoms with Crippen molar-refractivity contribution in [3.8, 4) is 0 Å². The van der Waals surface area contributed by atoms with Gasteiger partial charge in [-0.3, -0.25) is 4.79 Å². The Kier molecular flexibility index (Phi) is 7.10. The Morgan fingerprint density at radius 2 is 1.95 bits per heavy atom. The average molecular weight is 301 g/mol. The van der Waals surface area contributed by atoms with E-state index in [2.05, 4.69) is 13.8 Å². The highest BCUT2D eigenvalue weighted by Crippen LogP contribution is 2.26. The smallest absolute Gasteiger partial charge is 0.232 e. The maximum Gasteiger partial charge on any atom is 0.232 e. The van der Waals surface area contributed by atoms with Gasteiger partial charge in [-0.15, -0.1) is 11.8 Å². The molecule has 0 bridgehead atoms. The van der Waals surface area contributed by atoms with Gasteiger partial charge in [0.2, 0.25) is 5.91 Å². The van der Waals surface area contributed by atoms with E-state index in [9.17, 15) is 4.79 Å². The molecule has 0 heterocycles. The second kappa shape index (κ2) is 8.33. The highest BCUT2D eigenvalue weighted by Gasteiger charge is 2.12. The first-order valence-electron chi connectivity index (χ1n) is 6.54. The molecule has 0 aliphatic carbocycles. The zero-order chi connectivity index (χ0) is 14.3. The quantitative estimate of drug-likeness (QED) is 0.617. The second-order valence-corrected chi connectivity index (χ2v) is 5.81. The molecule has 3 nitrogen and oxygen atoms in total. The average Bonchev–Trinajstić information content (AvgIpc) is 2.39. The number of hydrogen-bond donors (Lipinski definition) is 1. The molecule has 5 heteroatoms. The molecule has 1 rings (SSSR count). The van der Waals surface area contributed by atoms with Gasteiger partial charge in [0.05, 0.1) is 16.5 Å². The molecule has 0 aromatic heterocycles. The normalized spacial score (nSPS) is 10.5. The number of anilines is 1. The van der Waals surface area contributed by atoms with Crippen LogP contribution in [0.3, 0.4) is 0 Å². The Labute approximate surface area is 124 Å². The van der Waals surface area contributed by atoms with Crippen molar-refractivity contribution in [2.45, 2.75) is 31.6 Å². The second-order valence-electron chi connectivity index (χ2n) is 4.35. The molecule has 0 saturated heterocycles. The van der Waals surface area contributed by atoms with Crippen LogP contribution in [-0.2, 0) is 4.79 Å². The third-order valence-corrected chi connectivity index (χ3v) is 3.98. The maximum absolute atomic E-state index is 12.1. The fourth-order valence-electron chi connectivity index (χ4n) is 1.74. The third-order valence-electron chi connectivity index (χ3n) is 2.67. The van der Waals surface area contributed by atoms with Crippen LogP contribution in [-0.4, -0.2) is 29.6 Å². The number of amides is 1. The standard InChI is InChI=1S/C14H21ClN2OS/c1-3-7-17(8-4-2)14(18)10-19-11-5-6-13(16)12(15)9-11/h5-6,9H,3-4,7-8,10,16H2,1-2H3. The van der Waals surface area contributed by atoms with Crippen LogP contribution in [0.1, 0.15) is 26.7 Å². The number of benzene rings is 1. The Balaban J connectivity index is 2.54. The largest absolute Gasteiger partial charge is 0.398 e. The van der Waals surface area contributed by atoms with E-state index in [1.807, 2.05) is 11.0 Å². The Hall–Kier alpha value is -0.870. The SMILES string of the molecule is CCCN(CCC)C(=O)CSc1ccc(N)c(Cl)c1. The number of carbonyl (C=O) groups excluding carboxylic acids is 1. The van der Waals surface area contributed by atoms with Gasteiger partial charge in [-0.25, -0.2) is 0 Å². The van der Waals surface area contributed by atoms with E-state index >= 15 is 0 Å². The molecule has 0 aliphatic heterocycles. The molecule has 1 aromatic carbocycles. The lowest BCUT2D eigenvalue weighted by atomic mass is 10.3. The van der Waals surface area contributed by atoms with Gasteiger partial charge in [0.1, 0.15) is 0 Å². The number of halogens is 1. The summed E-state index contributed by atoms with van der Waals surface area (Å²) in [6.07, 6.45) is 1.98. The van der Waals surface area contributed by atoms with Crippen molar-refractivity contribution in [2.75, 3.05) is 24.6 Å². The first kappa shape index (κ1) is 16.2. The van der Waals surface area contributed by atoms with E-state index < -0.39 is 0 Å². The maximum atomic E-state index is 12.1. The van der Waals surface area contributed by atoms with Gasteiger partial charge in [0.25, 0.3) is 0 Å². The summed E-state index contributed by atoms with van der Waals surface area (Å²) < 4.78 is 0. The number of nitrogens with zero attached hydrogens (tertiary/aromatic N) is 1. The molecule has 0 fully saturated rings.